The maximum Gasteiger partial charge on any atom is 0.407 e. The van der Waals surface area contributed by atoms with Crippen LogP contribution in [-0.4, -0.2) is 39.0 Å². The van der Waals surface area contributed by atoms with Crippen molar-refractivity contribution in [2.75, 3.05) is 13.1 Å². The summed E-state index contributed by atoms with van der Waals surface area (Å²) in [6.07, 6.45) is 9.36. The van der Waals surface area contributed by atoms with E-state index >= 15 is 0 Å². The second kappa shape index (κ2) is 8.56. The number of hydrogen-bond acceptors (Lipinski definition) is 2. The van der Waals surface area contributed by atoms with Crippen LogP contribution in [0.4, 0.5) is 4.79 Å². The van der Waals surface area contributed by atoms with Crippen LogP contribution in [-0.2, 0) is 12.8 Å². The molecule has 1 fully saturated rings. The molecule has 0 radical (unpaired) electrons. The highest BCUT2D eigenvalue weighted by Gasteiger charge is 2.27. The number of benzene rings is 1. The quantitative estimate of drug-likeness (QED) is 0.715. The van der Waals surface area contributed by atoms with Crippen LogP contribution >= 0.6 is 11.6 Å². The molecule has 1 N–H and O–H groups in total. The molecular weight excluding hydrogens is 374 g/mol. The van der Waals surface area contributed by atoms with E-state index in [9.17, 15) is 9.90 Å². The minimum absolute atomic E-state index is 0.425. The van der Waals surface area contributed by atoms with Crippen molar-refractivity contribution in [2.45, 2.75) is 63.8 Å². The molecule has 1 aliphatic carbocycles. The first kappa shape index (κ1) is 19.3. The first-order valence-corrected chi connectivity index (χ1v) is 10.9. The van der Waals surface area contributed by atoms with Crippen molar-refractivity contribution < 1.29 is 9.90 Å². The number of aromatic nitrogens is 2. The molecule has 6 heteroatoms. The Balaban J connectivity index is 1.75. The van der Waals surface area contributed by atoms with Crippen molar-refractivity contribution in [3.05, 3.63) is 40.5 Å². The monoisotopic (exact) mass is 401 g/mol. The lowest BCUT2D eigenvalue weighted by atomic mass is 9.95. The van der Waals surface area contributed by atoms with E-state index in [2.05, 4.69) is 16.8 Å². The molecule has 1 saturated carbocycles. The van der Waals surface area contributed by atoms with Gasteiger partial charge in [-0.25, -0.2) is 4.79 Å². The molecule has 1 amide bonds. The molecule has 0 bridgehead atoms. The van der Waals surface area contributed by atoms with E-state index in [0.717, 1.165) is 16.3 Å². The highest BCUT2D eigenvalue weighted by molar-refractivity contribution is 6.30. The number of hydrogen-bond donors (Lipinski definition) is 1. The smallest absolute Gasteiger partial charge is 0.407 e. The fraction of sp³-hybridized carbons (Fsp3) is 0.545. The van der Waals surface area contributed by atoms with Gasteiger partial charge in [-0.1, -0.05) is 55.8 Å². The highest BCUT2D eigenvalue weighted by atomic mass is 35.5. The molecule has 150 valence electrons. The van der Waals surface area contributed by atoms with E-state index < -0.39 is 6.09 Å². The molecule has 4 rings (SSSR count). The molecule has 0 atom stereocenters. The Bertz CT molecular complexity index is 823. The molecule has 2 heterocycles. The Hall–Kier alpha value is -2.01. The number of carbonyl (C=O) groups is 1. The molecular formula is C22H28ClN3O2. The van der Waals surface area contributed by atoms with Crippen LogP contribution in [0.2, 0.25) is 5.02 Å². The fourth-order valence-electron chi connectivity index (χ4n) is 4.63. The van der Waals surface area contributed by atoms with Gasteiger partial charge in [0, 0.05) is 35.7 Å². The molecule has 1 aromatic carbocycles. The van der Waals surface area contributed by atoms with Crippen LogP contribution in [0.3, 0.4) is 0 Å². The van der Waals surface area contributed by atoms with Gasteiger partial charge in [0.25, 0.3) is 0 Å². The zero-order valence-electron chi connectivity index (χ0n) is 16.2. The summed E-state index contributed by atoms with van der Waals surface area (Å²) in [6, 6.07) is 8.42. The Morgan fingerprint density at radius 3 is 2.32 bits per heavy atom. The third-order valence-corrected chi connectivity index (χ3v) is 6.40. The van der Waals surface area contributed by atoms with Crippen LogP contribution in [0.25, 0.3) is 11.3 Å². The van der Waals surface area contributed by atoms with E-state index in [1.807, 2.05) is 12.1 Å². The van der Waals surface area contributed by atoms with Gasteiger partial charge in [0.2, 0.25) is 0 Å². The standard InChI is InChI=1S/C22H28ClN3O2/c23-17-10-8-16(9-11-17)21-19-12-14-25(22(27)28)15-13-20(19)24-26(21)18-6-4-2-1-3-5-7-18/h8-11,18H,1-7,12-15H2,(H,27,28). The molecule has 0 spiro atoms. The zero-order chi connectivity index (χ0) is 19.5. The molecule has 1 aliphatic heterocycles. The van der Waals surface area contributed by atoms with Gasteiger partial charge in [0.1, 0.15) is 0 Å². The summed E-state index contributed by atoms with van der Waals surface area (Å²) in [5, 5.41) is 15.2. The second-order valence-corrected chi connectivity index (χ2v) is 8.43. The van der Waals surface area contributed by atoms with Gasteiger partial charge in [-0.05, 0) is 31.4 Å². The lowest BCUT2D eigenvalue weighted by Crippen LogP contribution is -2.32. The van der Waals surface area contributed by atoms with Crippen molar-refractivity contribution in [3.8, 4) is 11.3 Å². The van der Waals surface area contributed by atoms with Gasteiger partial charge < -0.3 is 10.0 Å². The highest BCUT2D eigenvalue weighted by Crippen LogP contribution is 2.36. The summed E-state index contributed by atoms with van der Waals surface area (Å²) >= 11 is 6.13. The lowest BCUT2D eigenvalue weighted by molar-refractivity contribution is 0.147. The first-order valence-electron chi connectivity index (χ1n) is 10.5. The van der Waals surface area contributed by atoms with Gasteiger partial charge in [-0.3, -0.25) is 4.68 Å². The Morgan fingerprint density at radius 2 is 1.64 bits per heavy atom. The number of carboxylic acid groups (broad SMARTS) is 1. The first-order chi connectivity index (χ1) is 13.6. The molecule has 5 nitrogen and oxygen atoms in total. The summed E-state index contributed by atoms with van der Waals surface area (Å²) in [4.78, 5) is 13.0. The zero-order valence-corrected chi connectivity index (χ0v) is 17.0. The van der Waals surface area contributed by atoms with Crippen molar-refractivity contribution in [2.24, 2.45) is 0 Å². The maximum absolute atomic E-state index is 11.4. The lowest BCUT2D eigenvalue weighted by Gasteiger charge is -2.23. The molecule has 0 unspecified atom stereocenters. The minimum atomic E-state index is -0.842. The van der Waals surface area contributed by atoms with Crippen molar-refractivity contribution in [3.63, 3.8) is 0 Å². The molecule has 28 heavy (non-hydrogen) atoms. The van der Waals surface area contributed by atoms with Crippen LogP contribution in [0.15, 0.2) is 24.3 Å². The van der Waals surface area contributed by atoms with Gasteiger partial charge >= 0.3 is 6.09 Å². The Labute approximate surface area is 171 Å². The summed E-state index contributed by atoms with van der Waals surface area (Å²) in [7, 11) is 0. The average Bonchev–Trinajstić information content (AvgIpc) is 2.87. The predicted molar refractivity (Wildman–Crippen MR) is 111 cm³/mol. The predicted octanol–water partition coefficient (Wildman–Crippen LogP) is 5.57. The number of fused-ring (bicyclic) bond motifs is 1. The molecule has 0 saturated heterocycles. The van der Waals surface area contributed by atoms with Crippen LogP contribution < -0.4 is 0 Å². The largest absolute Gasteiger partial charge is 0.465 e. The van der Waals surface area contributed by atoms with E-state index in [-0.39, 0.29) is 0 Å². The van der Waals surface area contributed by atoms with E-state index in [1.165, 1.54) is 61.1 Å². The normalized spacial score (nSPS) is 18.8. The fourth-order valence-corrected chi connectivity index (χ4v) is 4.75. The second-order valence-electron chi connectivity index (χ2n) is 7.99. The summed E-state index contributed by atoms with van der Waals surface area (Å²) in [5.41, 5.74) is 4.58. The van der Waals surface area contributed by atoms with Gasteiger partial charge in [0.15, 0.2) is 0 Å². The van der Waals surface area contributed by atoms with Crippen molar-refractivity contribution in [1.82, 2.24) is 14.7 Å². The number of nitrogens with zero attached hydrogens (tertiary/aromatic N) is 3. The van der Waals surface area contributed by atoms with E-state index in [4.69, 9.17) is 16.7 Å². The molecule has 1 aromatic heterocycles. The third-order valence-electron chi connectivity index (χ3n) is 6.15. The van der Waals surface area contributed by atoms with Crippen LogP contribution in [0, 0.1) is 0 Å². The van der Waals surface area contributed by atoms with Crippen LogP contribution in [0.1, 0.15) is 62.2 Å². The number of amides is 1. The molecule has 2 aliphatic rings. The van der Waals surface area contributed by atoms with Crippen molar-refractivity contribution in [1.29, 1.82) is 0 Å². The number of halogens is 1. The van der Waals surface area contributed by atoms with E-state index in [0.29, 0.717) is 32.0 Å². The van der Waals surface area contributed by atoms with Crippen molar-refractivity contribution >= 4 is 17.7 Å². The minimum Gasteiger partial charge on any atom is -0.465 e. The van der Waals surface area contributed by atoms with Gasteiger partial charge in [-0.15, -0.1) is 0 Å². The maximum atomic E-state index is 11.4. The Morgan fingerprint density at radius 1 is 1.00 bits per heavy atom. The SMILES string of the molecule is O=C(O)N1CCc2nn(C3CCCCCCC3)c(-c3ccc(Cl)cc3)c2CC1. The summed E-state index contributed by atoms with van der Waals surface area (Å²) in [5.74, 6) is 0. The summed E-state index contributed by atoms with van der Waals surface area (Å²) < 4.78 is 2.27. The van der Waals surface area contributed by atoms with Gasteiger partial charge in [-0.2, -0.15) is 5.10 Å². The third kappa shape index (κ3) is 4.04. The molecule has 2 aromatic rings. The van der Waals surface area contributed by atoms with Gasteiger partial charge in [0.05, 0.1) is 17.4 Å². The summed E-state index contributed by atoms with van der Waals surface area (Å²) in [6.45, 7) is 1.04. The average molecular weight is 402 g/mol. The van der Waals surface area contributed by atoms with E-state index in [1.54, 1.807) is 0 Å². The van der Waals surface area contributed by atoms with Crippen LogP contribution in [0.5, 0.6) is 0 Å². The number of rotatable bonds is 2. The Kier molecular flexibility index (Phi) is 5.90. The topological polar surface area (TPSA) is 58.4 Å².